The van der Waals surface area contributed by atoms with Gasteiger partial charge in [-0.2, -0.15) is 8.42 Å². The number of nitrogens with zero attached hydrogens (tertiary/aromatic N) is 1. The molecule has 0 bridgehead atoms. The maximum absolute atomic E-state index is 12.8. The van der Waals surface area contributed by atoms with Crippen molar-refractivity contribution in [2.75, 3.05) is 0 Å². The van der Waals surface area contributed by atoms with Crippen LogP contribution in [-0.4, -0.2) is 13.4 Å². The van der Waals surface area contributed by atoms with Gasteiger partial charge in [0.2, 0.25) is 0 Å². The summed E-state index contributed by atoms with van der Waals surface area (Å²) >= 11 is 12.4. The van der Waals surface area contributed by atoms with Crippen LogP contribution in [0.15, 0.2) is 53.6 Å². The molecule has 7 heteroatoms. The van der Waals surface area contributed by atoms with E-state index in [9.17, 15) is 8.42 Å². The minimum absolute atomic E-state index is 0.0157. The summed E-state index contributed by atoms with van der Waals surface area (Å²) in [5, 5.41) is 1.06. The Morgan fingerprint density at radius 2 is 1.68 bits per heavy atom. The summed E-state index contributed by atoms with van der Waals surface area (Å²) in [4.78, 5) is 4.28. The standard InChI is InChI=1S/C21H19Cl2NO3S/c22-18-13-19(23)21(20-17(18)7-4-12-24-20)27-28(25,26)16-10-8-15(9-11-16)14-5-2-1-3-6-14/h4,7-14H,1-3,5-6H2. The Kier molecular flexibility index (Phi) is 5.50. The van der Waals surface area contributed by atoms with Crippen LogP contribution in [0.2, 0.25) is 10.0 Å². The van der Waals surface area contributed by atoms with Crippen molar-refractivity contribution in [1.29, 1.82) is 0 Å². The van der Waals surface area contributed by atoms with E-state index in [0.717, 1.165) is 12.8 Å². The zero-order chi connectivity index (χ0) is 19.7. The minimum atomic E-state index is -4.06. The van der Waals surface area contributed by atoms with Crippen molar-refractivity contribution in [3.8, 4) is 5.75 Å². The summed E-state index contributed by atoms with van der Waals surface area (Å²) in [6.45, 7) is 0. The van der Waals surface area contributed by atoms with Gasteiger partial charge in [-0.1, -0.05) is 54.6 Å². The summed E-state index contributed by atoms with van der Waals surface area (Å²) in [6, 6.07) is 11.9. The van der Waals surface area contributed by atoms with Crippen LogP contribution in [0, 0.1) is 0 Å². The molecule has 0 amide bonds. The highest BCUT2D eigenvalue weighted by atomic mass is 35.5. The number of halogens is 2. The zero-order valence-electron chi connectivity index (χ0n) is 15.1. The van der Waals surface area contributed by atoms with Crippen molar-refractivity contribution in [2.24, 2.45) is 0 Å². The second-order valence-corrected chi connectivity index (χ2v) is 9.37. The van der Waals surface area contributed by atoms with E-state index in [1.54, 1.807) is 24.3 Å². The van der Waals surface area contributed by atoms with E-state index in [0.29, 0.717) is 21.8 Å². The molecular weight excluding hydrogens is 417 g/mol. The number of aromatic nitrogens is 1. The molecule has 0 N–H and O–H groups in total. The van der Waals surface area contributed by atoms with Crippen molar-refractivity contribution in [3.63, 3.8) is 0 Å². The van der Waals surface area contributed by atoms with Crippen LogP contribution >= 0.6 is 23.2 Å². The highest BCUT2D eigenvalue weighted by Crippen LogP contribution is 2.38. The third-order valence-corrected chi connectivity index (χ3v) is 7.02. The van der Waals surface area contributed by atoms with E-state index in [4.69, 9.17) is 27.4 Å². The molecule has 0 atom stereocenters. The number of pyridine rings is 1. The van der Waals surface area contributed by atoms with Gasteiger partial charge in [0, 0.05) is 11.6 Å². The first-order valence-corrected chi connectivity index (χ1v) is 11.4. The molecular formula is C21H19Cl2NO3S. The van der Waals surface area contributed by atoms with Gasteiger partial charge in [0.15, 0.2) is 5.75 Å². The van der Waals surface area contributed by atoms with Gasteiger partial charge in [-0.25, -0.2) is 0 Å². The number of fused-ring (bicyclic) bond motifs is 1. The van der Waals surface area contributed by atoms with E-state index in [1.165, 1.54) is 37.1 Å². The molecule has 0 saturated heterocycles. The Balaban J connectivity index is 1.66. The third kappa shape index (κ3) is 3.84. The summed E-state index contributed by atoms with van der Waals surface area (Å²) in [7, 11) is -4.06. The molecule has 146 valence electrons. The Labute approximate surface area is 174 Å². The van der Waals surface area contributed by atoms with E-state index in [-0.39, 0.29) is 15.7 Å². The van der Waals surface area contributed by atoms with Crippen LogP contribution in [0.1, 0.15) is 43.6 Å². The second-order valence-electron chi connectivity index (χ2n) is 7.01. The zero-order valence-corrected chi connectivity index (χ0v) is 17.4. The molecule has 0 radical (unpaired) electrons. The summed E-state index contributed by atoms with van der Waals surface area (Å²) < 4.78 is 31.0. The number of rotatable bonds is 4. The van der Waals surface area contributed by atoms with Gasteiger partial charge in [0.1, 0.15) is 10.4 Å². The van der Waals surface area contributed by atoms with E-state index < -0.39 is 10.1 Å². The lowest BCUT2D eigenvalue weighted by atomic mass is 9.84. The molecule has 0 spiro atoms. The van der Waals surface area contributed by atoms with Gasteiger partial charge in [-0.15, -0.1) is 0 Å². The van der Waals surface area contributed by atoms with E-state index in [1.807, 2.05) is 12.1 Å². The molecule has 1 fully saturated rings. The smallest absolute Gasteiger partial charge is 0.339 e. The Hall–Kier alpha value is -1.82. The molecule has 0 unspecified atom stereocenters. The van der Waals surface area contributed by atoms with Gasteiger partial charge >= 0.3 is 10.1 Å². The molecule has 3 aromatic rings. The summed E-state index contributed by atoms with van der Waals surface area (Å²) in [5.74, 6) is 0.489. The SMILES string of the molecule is O=S(=O)(Oc1c(Cl)cc(Cl)c2cccnc12)c1ccc(C2CCCCC2)cc1. The lowest BCUT2D eigenvalue weighted by Crippen LogP contribution is -2.11. The van der Waals surface area contributed by atoms with E-state index in [2.05, 4.69) is 4.98 Å². The first kappa shape index (κ1) is 19.5. The number of hydrogen-bond acceptors (Lipinski definition) is 4. The molecule has 4 nitrogen and oxygen atoms in total. The molecule has 2 aromatic carbocycles. The predicted molar refractivity (Wildman–Crippen MR) is 112 cm³/mol. The summed E-state index contributed by atoms with van der Waals surface area (Å²) in [5.41, 5.74) is 1.48. The van der Waals surface area contributed by atoms with Gasteiger partial charge in [0.25, 0.3) is 0 Å². The van der Waals surface area contributed by atoms with Crippen molar-refractivity contribution < 1.29 is 12.6 Å². The molecule has 1 heterocycles. The third-order valence-electron chi connectivity index (χ3n) is 5.19. The van der Waals surface area contributed by atoms with Gasteiger partial charge in [0.05, 0.1) is 10.0 Å². The van der Waals surface area contributed by atoms with Gasteiger partial charge in [-0.3, -0.25) is 4.98 Å². The van der Waals surface area contributed by atoms with Crippen molar-refractivity contribution in [1.82, 2.24) is 4.98 Å². The fourth-order valence-corrected chi connectivity index (χ4v) is 5.28. The minimum Gasteiger partial charge on any atom is -0.375 e. The first-order valence-electron chi connectivity index (χ1n) is 9.23. The fraction of sp³-hybridized carbons (Fsp3) is 0.286. The van der Waals surface area contributed by atoms with Gasteiger partial charge < -0.3 is 4.18 Å². The predicted octanol–water partition coefficient (Wildman–Crippen LogP) is 6.36. The van der Waals surface area contributed by atoms with Crippen molar-refractivity contribution in [3.05, 3.63) is 64.3 Å². The fourth-order valence-electron chi connectivity index (χ4n) is 3.73. The van der Waals surface area contributed by atoms with Crippen LogP contribution in [0.3, 0.4) is 0 Å². The molecule has 28 heavy (non-hydrogen) atoms. The Morgan fingerprint density at radius 3 is 2.39 bits per heavy atom. The quantitative estimate of drug-likeness (QED) is 0.447. The molecule has 4 rings (SSSR count). The highest BCUT2D eigenvalue weighted by molar-refractivity contribution is 7.87. The molecule has 1 aliphatic rings. The second kappa shape index (κ2) is 7.90. The lowest BCUT2D eigenvalue weighted by Gasteiger charge is -2.22. The first-order chi connectivity index (χ1) is 13.5. The molecule has 1 saturated carbocycles. The average Bonchev–Trinajstić information content (AvgIpc) is 2.72. The lowest BCUT2D eigenvalue weighted by molar-refractivity contribution is 0.443. The molecule has 1 aliphatic carbocycles. The van der Waals surface area contributed by atoms with Crippen LogP contribution in [0.4, 0.5) is 0 Å². The van der Waals surface area contributed by atoms with Crippen LogP contribution in [0.25, 0.3) is 10.9 Å². The molecule has 0 aliphatic heterocycles. The summed E-state index contributed by atoms with van der Waals surface area (Å²) in [6.07, 6.45) is 7.57. The maximum Gasteiger partial charge on any atom is 0.339 e. The Morgan fingerprint density at radius 1 is 0.964 bits per heavy atom. The van der Waals surface area contributed by atoms with Crippen LogP contribution in [-0.2, 0) is 10.1 Å². The van der Waals surface area contributed by atoms with Crippen molar-refractivity contribution in [2.45, 2.75) is 42.9 Å². The monoisotopic (exact) mass is 435 g/mol. The van der Waals surface area contributed by atoms with Crippen molar-refractivity contribution >= 4 is 44.2 Å². The van der Waals surface area contributed by atoms with Gasteiger partial charge in [-0.05, 0) is 54.7 Å². The van der Waals surface area contributed by atoms with Crippen LogP contribution < -0.4 is 4.18 Å². The maximum atomic E-state index is 12.8. The highest BCUT2D eigenvalue weighted by Gasteiger charge is 2.23. The number of benzene rings is 2. The average molecular weight is 436 g/mol. The molecule has 1 aromatic heterocycles. The largest absolute Gasteiger partial charge is 0.375 e. The normalized spacial score (nSPS) is 15.6. The topological polar surface area (TPSA) is 56.3 Å². The Bertz CT molecular complexity index is 1110. The van der Waals surface area contributed by atoms with E-state index >= 15 is 0 Å². The van der Waals surface area contributed by atoms with Crippen LogP contribution in [0.5, 0.6) is 5.75 Å². The number of hydrogen-bond donors (Lipinski definition) is 0.